The Morgan fingerprint density at radius 2 is 1.83 bits per heavy atom. The number of aryl methyl sites for hydroxylation is 1. The lowest BCUT2D eigenvalue weighted by molar-refractivity contribution is -0.145. The van der Waals surface area contributed by atoms with Gasteiger partial charge in [0.2, 0.25) is 0 Å². The molecule has 0 aliphatic heterocycles. The summed E-state index contributed by atoms with van der Waals surface area (Å²) >= 11 is 1.45. The van der Waals surface area contributed by atoms with Crippen LogP contribution in [0.15, 0.2) is 29.2 Å². The number of ether oxygens (including phenoxy) is 1. The molecule has 0 unspecified atom stereocenters. The molecule has 0 aromatic heterocycles. The molecule has 0 N–H and O–H groups in total. The number of hydrogen-bond donors (Lipinski definition) is 0. The van der Waals surface area contributed by atoms with E-state index in [1.54, 1.807) is 6.92 Å². The van der Waals surface area contributed by atoms with E-state index in [4.69, 9.17) is 4.74 Å². The van der Waals surface area contributed by atoms with Gasteiger partial charge in [0.1, 0.15) is 6.42 Å². The Bertz CT molecular complexity index is 398. The highest BCUT2D eigenvalue weighted by Crippen LogP contribution is 2.19. The van der Waals surface area contributed by atoms with Gasteiger partial charge >= 0.3 is 5.97 Å². The summed E-state index contributed by atoms with van der Waals surface area (Å²) < 4.78 is 4.73. The Kier molecular flexibility index (Phi) is 6.50. The van der Waals surface area contributed by atoms with Gasteiger partial charge in [-0.05, 0) is 31.0 Å². The predicted octanol–water partition coefficient (Wildman–Crippen LogP) is 2.86. The molecule has 18 heavy (non-hydrogen) atoms. The highest BCUT2D eigenvalue weighted by Gasteiger charge is 2.10. The van der Waals surface area contributed by atoms with Gasteiger partial charge in [0.25, 0.3) is 0 Å². The van der Waals surface area contributed by atoms with Crippen LogP contribution in [0.1, 0.15) is 25.8 Å². The number of esters is 1. The lowest BCUT2D eigenvalue weighted by atomic mass is 10.2. The van der Waals surface area contributed by atoms with Crippen molar-refractivity contribution < 1.29 is 14.3 Å². The topological polar surface area (TPSA) is 43.4 Å². The lowest BCUT2D eigenvalue weighted by Gasteiger charge is -2.03. The zero-order chi connectivity index (χ0) is 13.4. The van der Waals surface area contributed by atoms with Gasteiger partial charge in [-0.15, -0.1) is 11.8 Å². The van der Waals surface area contributed by atoms with E-state index < -0.39 is 5.97 Å². The van der Waals surface area contributed by atoms with Crippen LogP contribution in [-0.2, 0) is 20.7 Å². The average Bonchev–Trinajstić information content (AvgIpc) is 2.37. The molecule has 0 saturated carbocycles. The van der Waals surface area contributed by atoms with Crippen LogP contribution < -0.4 is 0 Å². The minimum absolute atomic E-state index is 0.0991. The third-order valence-corrected chi connectivity index (χ3v) is 3.45. The second kappa shape index (κ2) is 7.93. The van der Waals surface area contributed by atoms with Crippen molar-refractivity contribution in [3.05, 3.63) is 29.8 Å². The molecule has 0 aliphatic rings. The first kappa shape index (κ1) is 14.8. The van der Waals surface area contributed by atoms with Crippen LogP contribution in [0, 0.1) is 0 Å². The van der Waals surface area contributed by atoms with Crippen molar-refractivity contribution in [2.24, 2.45) is 0 Å². The van der Waals surface area contributed by atoms with Gasteiger partial charge in [-0.3, -0.25) is 9.59 Å². The van der Waals surface area contributed by atoms with Crippen LogP contribution in [0.4, 0.5) is 0 Å². The zero-order valence-electron chi connectivity index (χ0n) is 10.8. The molecule has 0 amide bonds. The standard InChI is InChI=1S/C14H18O3S/c1-3-11-5-7-13(8-6-11)18-10-12(15)9-14(16)17-4-2/h5-8H,3-4,9-10H2,1-2H3. The Hall–Kier alpha value is -1.29. The maximum Gasteiger partial charge on any atom is 0.313 e. The third kappa shape index (κ3) is 5.36. The number of carbonyl (C=O) groups excluding carboxylic acids is 2. The van der Waals surface area contributed by atoms with Crippen LogP contribution in [0.2, 0.25) is 0 Å². The summed E-state index contributed by atoms with van der Waals surface area (Å²) in [6.45, 7) is 4.15. The molecule has 0 fully saturated rings. The van der Waals surface area contributed by atoms with Crippen molar-refractivity contribution in [2.75, 3.05) is 12.4 Å². The molecule has 1 rings (SSSR count). The SMILES string of the molecule is CCOC(=O)CC(=O)CSc1ccc(CC)cc1. The van der Waals surface area contributed by atoms with E-state index in [1.165, 1.54) is 17.3 Å². The summed E-state index contributed by atoms with van der Waals surface area (Å²) in [5, 5.41) is 0. The largest absolute Gasteiger partial charge is 0.466 e. The molecule has 0 atom stereocenters. The van der Waals surface area contributed by atoms with Crippen LogP contribution in [0.25, 0.3) is 0 Å². The predicted molar refractivity (Wildman–Crippen MR) is 72.8 cm³/mol. The maximum absolute atomic E-state index is 11.5. The van der Waals surface area contributed by atoms with Crippen molar-refractivity contribution in [1.29, 1.82) is 0 Å². The Morgan fingerprint density at radius 3 is 2.39 bits per heavy atom. The summed E-state index contributed by atoms with van der Waals surface area (Å²) in [6, 6.07) is 8.11. The molecule has 4 heteroatoms. The summed E-state index contributed by atoms with van der Waals surface area (Å²) in [6.07, 6.45) is 0.876. The third-order valence-electron chi connectivity index (χ3n) is 2.38. The molecular formula is C14H18O3S. The minimum Gasteiger partial charge on any atom is -0.466 e. The number of ketones is 1. The fourth-order valence-corrected chi connectivity index (χ4v) is 2.17. The van der Waals surface area contributed by atoms with Crippen molar-refractivity contribution in [3.63, 3.8) is 0 Å². The number of thioether (sulfide) groups is 1. The Balaban J connectivity index is 2.35. The summed E-state index contributed by atoms with van der Waals surface area (Å²) in [5.74, 6) is -0.230. The number of rotatable bonds is 7. The summed E-state index contributed by atoms with van der Waals surface area (Å²) in [5.41, 5.74) is 1.28. The van der Waals surface area contributed by atoms with Crippen LogP contribution >= 0.6 is 11.8 Å². The molecule has 0 heterocycles. The first-order valence-corrected chi connectivity index (χ1v) is 7.03. The molecular weight excluding hydrogens is 248 g/mol. The van der Waals surface area contributed by atoms with E-state index in [0.29, 0.717) is 12.4 Å². The number of benzene rings is 1. The van der Waals surface area contributed by atoms with E-state index in [9.17, 15) is 9.59 Å². The highest BCUT2D eigenvalue weighted by molar-refractivity contribution is 8.00. The smallest absolute Gasteiger partial charge is 0.313 e. The molecule has 0 aliphatic carbocycles. The van der Waals surface area contributed by atoms with E-state index in [1.807, 2.05) is 12.1 Å². The number of Topliss-reactive ketones (excluding diaryl/α,β-unsaturated/α-hetero) is 1. The van der Waals surface area contributed by atoms with E-state index in [2.05, 4.69) is 19.1 Å². The quantitative estimate of drug-likeness (QED) is 0.432. The van der Waals surface area contributed by atoms with Crippen molar-refractivity contribution >= 4 is 23.5 Å². The average molecular weight is 266 g/mol. The monoisotopic (exact) mass is 266 g/mol. The maximum atomic E-state index is 11.5. The van der Waals surface area contributed by atoms with Crippen LogP contribution in [-0.4, -0.2) is 24.1 Å². The zero-order valence-corrected chi connectivity index (χ0v) is 11.6. The van der Waals surface area contributed by atoms with Gasteiger partial charge in [-0.2, -0.15) is 0 Å². The molecule has 0 saturated heterocycles. The Labute approximate surface area is 112 Å². The van der Waals surface area contributed by atoms with Crippen LogP contribution in [0.3, 0.4) is 0 Å². The Morgan fingerprint density at radius 1 is 1.17 bits per heavy atom. The number of hydrogen-bond acceptors (Lipinski definition) is 4. The van der Waals surface area contributed by atoms with E-state index >= 15 is 0 Å². The fraction of sp³-hybridized carbons (Fsp3) is 0.429. The van der Waals surface area contributed by atoms with Gasteiger partial charge < -0.3 is 4.74 Å². The highest BCUT2D eigenvalue weighted by atomic mass is 32.2. The van der Waals surface area contributed by atoms with Gasteiger partial charge in [0.05, 0.1) is 12.4 Å². The van der Waals surface area contributed by atoms with Crippen molar-refractivity contribution in [1.82, 2.24) is 0 Å². The van der Waals surface area contributed by atoms with Gasteiger partial charge in [0, 0.05) is 4.90 Å². The van der Waals surface area contributed by atoms with Gasteiger partial charge in [-0.25, -0.2) is 0 Å². The van der Waals surface area contributed by atoms with Gasteiger partial charge in [-0.1, -0.05) is 19.1 Å². The van der Waals surface area contributed by atoms with Crippen LogP contribution in [0.5, 0.6) is 0 Å². The molecule has 3 nitrogen and oxygen atoms in total. The molecule has 98 valence electrons. The van der Waals surface area contributed by atoms with E-state index in [-0.39, 0.29) is 12.2 Å². The molecule has 1 aromatic rings. The first-order valence-electron chi connectivity index (χ1n) is 6.04. The molecule has 0 bridgehead atoms. The normalized spacial score (nSPS) is 10.1. The van der Waals surface area contributed by atoms with Crippen molar-refractivity contribution in [3.8, 4) is 0 Å². The van der Waals surface area contributed by atoms with Crippen molar-refractivity contribution in [2.45, 2.75) is 31.6 Å². The second-order valence-corrected chi connectivity index (χ2v) is 4.86. The first-order chi connectivity index (χ1) is 8.65. The minimum atomic E-state index is -0.440. The van der Waals surface area contributed by atoms with Gasteiger partial charge in [0.15, 0.2) is 5.78 Å². The second-order valence-electron chi connectivity index (χ2n) is 3.81. The summed E-state index contributed by atoms with van der Waals surface area (Å²) in [7, 11) is 0. The lowest BCUT2D eigenvalue weighted by Crippen LogP contribution is -2.12. The molecule has 1 aromatic carbocycles. The molecule has 0 spiro atoms. The van der Waals surface area contributed by atoms with E-state index in [0.717, 1.165) is 11.3 Å². The summed E-state index contributed by atoms with van der Waals surface area (Å²) in [4.78, 5) is 23.6. The fourth-order valence-electron chi connectivity index (χ4n) is 1.41. The molecule has 0 radical (unpaired) electrons. The number of carbonyl (C=O) groups is 2.